The first-order valence-electron chi connectivity index (χ1n) is 6.49. The maximum absolute atomic E-state index is 11.9. The highest BCUT2D eigenvalue weighted by atomic mass is 16.5. The van der Waals surface area contributed by atoms with E-state index in [1.54, 1.807) is 17.3 Å². The number of urea groups is 1. The Morgan fingerprint density at radius 2 is 1.85 bits per heavy atom. The Labute approximate surface area is 117 Å². The molecular formula is C15H15N3O2. The van der Waals surface area contributed by atoms with Gasteiger partial charge in [0.1, 0.15) is 11.9 Å². The van der Waals surface area contributed by atoms with Gasteiger partial charge in [0, 0.05) is 18.1 Å². The summed E-state index contributed by atoms with van der Waals surface area (Å²) in [6.45, 7) is 1.20. The second-order valence-electron chi connectivity index (χ2n) is 4.62. The highest BCUT2D eigenvalue weighted by molar-refractivity contribution is 5.89. The summed E-state index contributed by atoms with van der Waals surface area (Å²) in [5, 5.41) is 2.85. The molecule has 2 aromatic rings. The molecule has 0 radical (unpaired) electrons. The quantitative estimate of drug-likeness (QED) is 0.930. The lowest BCUT2D eigenvalue weighted by atomic mass is 10.2. The summed E-state index contributed by atoms with van der Waals surface area (Å²) in [6.07, 6.45) is 3.43. The Morgan fingerprint density at radius 3 is 2.55 bits per heavy atom. The van der Waals surface area contributed by atoms with Crippen molar-refractivity contribution in [1.82, 2.24) is 9.88 Å². The second kappa shape index (κ2) is 5.61. The highest BCUT2D eigenvalue weighted by Gasteiger charge is 2.32. The Morgan fingerprint density at radius 1 is 1.15 bits per heavy atom. The van der Waals surface area contributed by atoms with E-state index in [1.165, 1.54) is 0 Å². The van der Waals surface area contributed by atoms with Crippen LogP contribution in [0.4, 0.5) is 10.5 Å². The number of para-hydroxylation sites is 1. The molecule has 3 rings (SSSR count). The number of likely N-dealkylation sites (tertiary alicyclic amines) is 1. The van der Waals surface area contributed by atoms with E-state index in [0.717, 1.165) is 11.4 Å². The zero-order chi connectivity index (χ0) is 13.8. The molecule has 5 heteroatoms. The number of anilines is 1. The first-order valence-corrected chi connectivity index (χ1v) is 6.49. The van der Waals surface area contributed by atoms with Crippen molar-refractivity contribution in [1.29, 1.82) is 0 Å². The molecule has 1 aromatic heterocycles. The summed E-state index contributed by atoms with van der Waals surface area (Å²) in [7, 11) is 0. The average molecular weight is 269 g/mol. The minimum atomic E-state index is -0.0919. The second-order valence-corrected chi connectivity index (χ2v) is 4.62. The molecule has 0 atom stereocenters. The van der Waals surface area contributed by atoms with Crippen LogP contribution < -0.4 is 10.1 Å². The van der Waals surface area contributed by atoms with Gasteiger partial charge in [0.2, 0.25) is 0 Å². The maximum atomic E-state index is 11.9. The Bertz CT molecular complexity index is 568. The van der Waals surface area contributed by atoms with Crippen molar-refractivity contribution >= 4 is 11.7 Å². The maximum Gasteiger partial charge on any atom is 0.322 e. The number of pyridine rings is 1. The number of carbonyl (C=O) groups is 1. The first-order chi connectivity index (χ1) is 9.81. The van der Waals surface area contributed by atoms with Crippen LogP contribution in [0.1, 0.15) is 0 Å². The van der Waals surface area contributed by atoms with Crippen LogP contribution in [0.3, 0.4) is 0 Å². The molecule has 1 aliphatic heterocycles. The summed E-state index contributed by atoms with van der Waals surface area (Å²) in [5.41, 5.74) is 0.802. The molecule has 102 valence electrons. The van der Waals surface area contributed by atoms with Crippen molar-refractivity contribution in [3.05, 3.63) is 54.9 Å². The zero-order valence-corrected chi connectivity index (χ0v) is 10.9. The smallest absolute Gasteiger partial charge is 0.322 e. The molecule has 20 heavy (non-hydrogen) atoms. The molecule has 2 amide bonds. The molecule has 1 aliphatic rings. The summed E-state index contributed by atoms with van der Waals surface area (Å²) >= 11 is 0. The van der Waals surface area contributed by atoms with Gasteiger partial charge in [0.15, 0.2) is 0 Å². The van der Waals surface area contributed by atoms with Crippen LogP contribution >= 0.6 is 0 Å². The van der Waals surface area contributed by atoms with Gasteiger partial charge in [-0.15, -0.1) is 0 Å². The number of aromatic nitrogens is 1. The molecule has 5 nitrogen and oxygen atoms in total. The molecule has 0 spiro atoms. The van der Waals surface area contributed by atoms with E-state index in [4.69, 9.17) is 4.74 Å². The van der Waals surface area contributed by atoms with Gasteiger partial charge < -0.3 is 15.0 Å². The van der Waals surface area contributed by atoms with Gasteiger partial charge in [-0.3, -0.25) is 4.98 Å². The molecule has 1 fully saturated rings. The van der Waals surface area contributed by atoms with Crippen molar-refractivity contribution in [2.45, 2.75) is 6.10 Å². The van der Waals surface area contributed by atoms with Crippen LogP contribution in [0.2, 0.25) is 0 Å². The monoisotopic (exact) mass is 269 g/mol. The lowest BCUT2D eigenvalue weighted by molar-refractivity contribution is 0.0492. The molecule has 1 aromatic carbocycles. The van der Waals surface area contributed by atoms with E-state index in [9.17, 15) is 4.79 Å². The van der Waals surface area contributed by atoms with Crippen molar-refractivity contribution in [2.75, 3.05) is 18.4 Å². The van der Waals surface area contributed by atoms with Gasteiger partial charge in [-0.05, 0) is 24.3 Å². The predicted molar refractivity (Wildman–Crippen MR) is 75.7 cm³/mol. The molecule has 0 aliphatic carbocycles. The average Bonchev–Trinajstić information content (AvgIpc) is 2.44. The summed E-state index contributed by atoms with van der Waals surface area (Å²) < 4.78 is 5.72. The van der Waals surface area contributed by atoms with Gasteiger partial charge in [-0.2, -0.15) is 0 Å². The fraction of sp³-hybridized carbons (Fsp3) is 0.200. The van der Waals surface area contributed by atoms with Crippen molar-refractivity contribution in [3.63, 3.8) is 0 Å². The number of rotatable bonds is 3. The molecule has 0 bridgehead atoms. The van der Waals surface area contributed by atoms with Gasteiger partial charge in [-0.1, -0.05) is 18.2 Å². The molecule has 1 saturated heterocycles. The standard InChI is InChI=1S/C15H15N3O2/c19-15(17-12-4-2-1-3-5-12)18-10-14(11-18)20-13-6-8-16-9-7-13/h1-9,14H,10-11H2,(H,17,19). The highest BCUT2D eigenvalue weighted by Crippen LogP contribution is 2.18. The number of nitrogens with zero attached hydrogens (tertiary/aromatic N) is 2. The zero-order valence-electron chi connectivity index (χ0n) is 10.9. The minimum Gasteiger partial charge on any atom is -0.487 e. The summed E-state index contributed by atoms with van der Waals surface area (Å²) in [5.74, 6) is 0.785. The Kier molecular flexibility index (Phi) is 3.50. The van der Waals surface area contributed by atoms with E-state index < -0.39 is 0 Å². The van der Waals surface area contributed by atoms with Crippen LogP contribution in [0.15, 0.2) is 54.9 Å². The number of amides is 2. The normalized spacial score (nSPS) is 14.5. The van der Waals surface area contributed by atoms with Gasteiger partial charge in [-0.25, -0.2) is 4.79 Å². The van der Waals surface area contributed by atoms with Crippen molar-refractivity contribution < 1.29 is 9.53 Å². The Balaban J connectivity index is 1.47. The third-order valence-corrected chi connectivity index (χ3v) is 3.11. The third kappa shape index (κ3) is 2.88. The van der Waals surface area contributed by atoms with E-state index in [1.807, 2.05) is 42.5 Å². The predicted octanol–water partition coefficient (Wildman–Crippen LogP) is 2.38. The fourth-order valence-electron chi connectivity index (χ4n) is 2.01. The lowest BCUT2D eigenvalue weighted by Gasteiger charge is -2.38. The third-order valence-electron chi connectivity index (χ3n) is 3.11. The molecule has 1 N–H and O–H groups in total. The number of nitrogens with one attached hydrogen (secondary N) is 1. The number of hydrogen-bond donors (Lipinski definition) is 1. The lowest BCUT2D eigenvalue weighted by Crippen LogP contribution is -2.57. The van der Waals surface area contributed by atoms with E-state index >= 15 is 0 Å². The van der Waals surface area contributed by atoms with Gasteiger partial charge >= 0.3 is 6.03 Å². The number of carbonyl (C=O) groups excluding carboxylic acids is 1. The molecule has 0 saturated carbocycles. The van der Waals surface area contributed by atoms with Gasteiger partial charge in [0.25, 0.3) is 0 Å². The van der Waals surface area contributed by atoms with E-state index in [-0.39, 0.29) is 12.1 Å². The first kappa shape index (κ1) is 12.5. The van der Waals surface area contributed by atoms with Crippen LogP contribution in [0.5, 0.6) is 5.75 Å². The molecular weight excluding hydrogens is 254 g/mol. The van der Waals surface area contributed by atoms with E-state index in [2.05, 4.69) is 10.3 Å². The number of benzene rings is 1. The van der Waals surface area contributed by atoms with Crippen LogP contribution in [-0.2, 0) is 0 Å². The SMILES string of the molecule is O=C(Nc1ccccc1)N1CC(Oc2ccncc2)C1. The van der Waals surface area contributed by atoms with Crippen LogP contribution in [-0.4, -0.2) is 35.1 Å². The number of ether oxygens (including phenoxy) is 1. The van der Waals surface area contributed by atoms with Crippen molar-refractivity contribution in [2.24, 2.45) is 0 Å². The van der Waals surface area contributed by atoms with Crippen LogP contribution in [0, 0.1) is 0 Å². The summed E-state index contributed by atoms with van der Waals surface area (Å²) in [4.78, 5) is 17.6. The minimum absolute atomic E-state index is 0.0546. The topological polar surface area (TPSA) is 54.5 Å². The molecule has 2 heterocycles. The van der Waals surface area contributed by atoms with Gasteiger partial charge in [0.05, 0.1) is 13.1 Å². The fourth-order valence-corrected chi connectivity index (χ4v) is 2.01. The molecule has 0 unspecified atom stereocenters. The van der Waals surface area contributed by atoms with Crippen LogP contribution in [0.25, 0.3) is 0 Å². The number of hydrogen-bond acceptors (Lipinski definition) is 3. The van der Waals surface area contributed by atoms with E-state index in [0.29, 0.717) is 13.1 Å². The Hall–Kier alpha value is -2.56. The van der Waals surface area contributed by atoms with Crippen molar-refractivity contribution in [3.8, 4) is 5.75 Å². The summed E-state index contributed by atoms with van der Waals surface area (Å²) in [6, 6.07) is 13.0. The largest absolute Gasteiger partial charge is 0.487 e.